The number of sulfonamides is 1. The number of nitrogens with zero attached hydrogens (tertiary/aromatic N) is 2. The maximum atomic E-state index is 13.2. The number of esters is 2. The summed E-state index contributed by atoms with van der Waals surface area (Å²) in [5.74, 6) is -1.68. The van der Waals surface area contributed by atoms with Crippen molar-refractivity contribution in [3.8, 4) is 0 Å². The molecular formula is C18H18N2O8S. The second-order valence-corrected chi connectivity index (χ2v) is 7.44. The smallest absolute Gasteiger partial charge is 0.340 e. The van der Waals surface area contributed by atoms with Crippen molar-refractivity contribution in [2.45, 2.75) is 11.8 Å². The van der Waals surface area contributed by atoms with Crippen LogP contribution in [0.1, 0.15) is 17.3 Å². The molecule has 0 heterocycles. The van der Waals surface area contributed by atoms with Crippen LogP contribution in [0.3, 0.4) is 0 Å². The number of nitro benzene ring substituents is 1. The number of nitro groups is 1. The highest BCUT2D eigenvalue weighted by molar-refractivity contribution is 7.92. The molecule has 0 aliphatic heterocycles. The van der Waals surface area contributed by atoms with Crippen LogP contribution in [0.25, 0.3) is 0 Å². The first-order chi connectivity index (χ1) is 13.7. The quantitative estimate of drug-likeness (QED) is 0.359. The molecule has 2 rings (SSSR count). The van der Waals surface area contributed by atoms with Gasteiger partial charge in [-0.2, -0.15) is 0 Å². The Kier molecular flexibility index (Phi) is 6.89. The summed E-state index contributed by atoms with van der Waals surface area (Å²) in [6.45, 7) is 0.895. The predicted molar refractivity (Wildman–Crippen MR) is 102 cm³/mol. The van der Waals surface area contributed by atoms with Gasteiger partial charge in [0.05, 0.1) is 34.8 Å². The van der Waals surface area contributed by atoms with Gasteiger partial charge in [0.2, 0.25) is 0 Å². The van der Waals surface area contributed by atoms with Crippen LogP contribution in [0.4, 0.5) is 11.4 Å². The van der Waals surface area contributed by atoms with Crippen LogP contribution in [-0.2, 0) is 24.3 Å². The molecule has 0 N–H and O–H groups in total. The molecule has 0 aliphatic rings. The van der Waals surface area contributed by atoms with E-state index in [-0.39, 0.29) is 17.9 Å². The first-order valence-electron chi connectivity index (χ1n) is 8.32. The van der Waals surface area contributed by atoms with E-state index in [2.05, 4.69) is 4.74 Å². The van der Waals surface area contributed by atoms with Crippen LogP contribution < -0.4 is 4.31 Å². The van der Waals surface area contributed by atoms with Gasteiger partial charge in [-0.15, -0.1) is 0 Å². The van der Waals surface area contributed by atoms with Gasteiger partial charge in [0, 0.05) is 12.1 Å². The molecule has 2 aromatic carbocycles. The third kappa shape index (κ3) is 4.88. The molecular weight excluding hydrogens is 404 g/mol. The summed E-state index contributed by atoms with van der Waals surface area (Å²) in [5, 5.41) is 11.0. The molecule has 29 heavy (non-hydrogen) atoms. The lowest BCUT2D eigenvalue weighted by Gasteiger charge is -2.25. The first-order valence-corrected chi connectivity index (χ1v) is 9.76. The molecule has 0 amide bonds. The van der Waals surface area contributed by atoms with Gasteiger partial charge in [0.25, 0.3) is 15.7 Å². The van der Waals surface area contributed by atoms with E-state index in [1.54, 1.807) is 6.92 Å². The maximum Gasteiger partial charge on any atom is 0.340 e. The van der Waals surface area contributed by atoms with Crippen LogP contribution in [0, 0.1) is 10.1 Å². The summed E-state index contributed by atoms with van der Waals surface area (Å²) >= 11 is 0. The molecule has 0 aromatic heterocycles. The van der Waals surface area contributed by atoms with Crippen LogP contribution in [0.5, 0.6) is 0 Å². The molecule has 0 bridgehead atoms. The Bertz CT molecular complexity index is 1040. The Balaban J connectivity index is 2.66. The zero-order chi connectivity index (χ0) is 21.6. The molecule has 154 valence electrons. The van der Waals surface area contributed by atoms with Crippen molar-refractivity contribution < 1.29 is 32.4 Å². The number of carbonyl (C=O) groups is 2. The number of ether oxygens (including phenoxy) is 2. The molecule has 0 unspecified atom stereocenters. The van der Waals surface area contributed by atoms with Gasteiger partial charge in [-0.05, 0) is 25.1 Å². The average Bonchev–Trinajstić information content (AvgIpc) is 2.71. The fraction of sp³-hybridized carbons (Fsp3) is 0.222. The topological polar surface area (TPSA) is 133 Å². The predicted octanol–water partition coefficient (Wildman–Crippen LogP) is 2.14. The summed E-state index contributed by atoms with van der Waals surface area (Å²) < 4.78 is 36.7. The summed E-state index contributed by atoms with van der Waals surface area (Å²) in [6.07, 6.45) is 0. The molecule has 2 aromatic rings. The van der Waals surface area contributed by atoms with Crippen molar-refractivity contribution in [1.29, 1.82) is 0 Å². The van der Waals surface area contributed by atoms with Crippen molar-refractivity contribution in [3.05, 3.63) is 64.2 Å². The second-order valence-electron chi connectivity index (χ2n) is 5.58. The van der Waals surface area contributed by atoms with Gasteiger partial charge in [-0.1, -0.05) is 18.2 Å². The van der Waals surface area contributed by atoms with Crippen molar-refractivity contribution in [1.82, 2.24) is 0 Å². The molecule has 0 aliphatic carbocycles. The minimum atomic E-state index is -4.47. The fourth-order valence-electron chi connectivity index (χ4n) is 2.44. The zero-order valence-corrected chi connectivity index (χ0v) is 16.4. The van der Waals surface area contributed by atoms with Crippen LogP contribution >= 0.6 is 0 Å². The Morgan fingerprint density at radius 1 is 1.14 bits per heavy atom. The number of anilines is 1. The minimum Gasteiger partial charge on any atom is -0.468 e. The van der Waals surface area contributed by atoms with Crippen molar-refractivity contribution in [2.75, 3.05) is 24.6 Å². The number of non-ortho nitro benzene ring substituents is 1. The number of methoxy groups -OCH3 is 1. The molecule has 0 spiro atoms. The van der Waals surface area contributed by atoms with Gasteiger partial charge in [0.15, 0.2) is 0 Å². The third-order valence-corrected chi connectivity index (χ3v) is 5.54. The lowest BCUT2D eigenvalue weighted by Crippen LogP contribution is -2.37. The monoisotopic (exact) mass is 422 g/mol. The minimum absolute atomic E-state index is 0.0573. The van der Waals surface area contributed by atoms with Gasteiger partial charge >= 0.3 is 11.9 Å². The number of hydrogen-bond acceptors (Lipinski definition) is 8. The van der Waals surface area contributed by atoms with Crippen LogP contribution in [0.2, 0.25) is 0 Å². The van der Waals surface area contributed by atoms with E-state index in [1.165, 1.54) is 30.3 Å². The molecule has 10 nitrogen and oxygen atoms in total. The number of para-hydroxylation sites is 1. The van der Waals surface area contributed by atoms with E-state index >= 15 is 0 Å². The summed E-state index contributed by atoms with van der Waals surface area (Å²) in [4.78, 5) is 34.0. The van der Waals surface area contributed by atoms with Crippen LogP contribution in [-0.4, -0.2) is 45.5 Å². The molecule has 0 saturated heterocycles. The highest BCUT2D eigenvalue weighted by Gasteiger charge is 2.31. The molecule has 0 saturated carbocycles. The van der Waals surface area contributed by atoms with Crippen molar-refractivity contribution >= 4 is 33.3 Å². The summed E-state index contributed by atoms with van der Waals surface area (Å²) in [5.41, 5.74) is -0.655. The largest absolute Gasteiger partial charge is 0.468 e. The third-order valence-electron chi connectivity index (χ3n) is 3.78. The lowest BCUT2D eigenvalue weighted by molar-refractivity contribution is -0.385. The second kappa shape index (κ2) is 9.15. The number of carbonyl (C=O) groups excluding carboxylic acids is 2. The number of rotatable bonds is 8. The highest BCUT2D eigenvalue weighted by atomic mass is 32.2. The fourth-order valence-corrected chi connectivity index (χ4v) is 3.91. The SMILES string of the molecule is CCOC(=O)c1ccccc1N(CC(=O)OC)S(=O)(=O)c1cccc([N+](=O)[O-])c1. The Morgan fingerprint density at radius 2 is 1.83 bits per heavy atom. The van der Waals surface area contributed by atoms with Crippen LogP contribution in [0.15, 0.2) is 53.4 Å². The Labute approximate surface area is 166 Å². The summed E-state index contributed by atoms with van der Waals surface area (Å²) in [7, 11) is -3.38. The molecule has 0 atom stereocenters. The van der Waals surface area contributed by atoms with Gasteiger partial charge in [0.1, 0.15) is 6.54 Å². The van der Waals surface area contributed by atoms with E-state index in [1.807, 2.05) is 0 Å². The van der Waals surface area contributed by atoms with Crippen molar-refractivity contribution in [3.63, 3.8) is 0 Å². The van der Waals surface area contributed by atoms with E-state index in [9.17, 15) is 28.1 Å². The summed E-state index contributed by atoms with van der Waals surface area (Å²) in [6, 6.07) is 10.0. The van der Waals surface area contributed by atoms with E-state index in [4.69, 9.17) is 4.74 Å². The number of hydrogen-bond donors (Lipinski definition) is 0. The Morgan fingerprint density at radius 3 is 2.45 bits per heavy atom. The Hall–Kier alpha value is -3.47. The van der Waals surface area contributed by atoms with Gasteiger partial charge in [-0.3, -0.25) is 19.2 Å². The standard InChI is InChI=1S/C18H18N2O8S/c1-3-28-18(22)15-9-4-5-10-16(15)19(12-17(21)27-2)29(25,26)14-8-6-7-13(11-14)20(23)24/h4-11H,3,12H2,1-2H3. The highest BCUT2D eigenvalue weighted by Crippen LogP contribution is 2.29. The van der Waals surface area contributed by atoms with E-state index < -0.39 is 44.0 Å². The van der Waals surface area contributed by atoms with E-state index in [0.717, 1.165) is 25.3 Å². The van der Waals surface area contributed by atoms with E-state index in [0.29, 0.717) is 4.31 Å². The maximum absolute atomic E-state index is 13.2. The molecule has 11 heteroatoms. The van der Waals surface area contributed by atoms with Gasteiger partial charge < -0.3 is 9.47 Å². The molecule has 0 fully saturated rings. The van der Waals surface area contributed by atoms with Gasteiger partial charge in [-0.25, -0.2) is 13.2 Å². The number of benzene rings is 2. The van der Waals surface area contributed by atoms with Crippen molar-refractivity contribution in [2.24, 2.45) is 0 Å². The zero-order valence-electron chi connectivity index (χ0n) is 15.6. The normalized spacial score (nSPS) is 10.8. The average molecular weight is 422 g/mol. The first kappa shape index (κ1) is 21.8. The lowest BCUT2D eigenvalue weighted by atomic mass is 10.2. The molecule has 0 radical (unpaired) electrons.